The summed E-state index contributed by atoms with van der Waals surface area (Å²) in [4.78, 5) is 22.7. The van der Waals surface area contributed by atoms with Crippen molar-refractivity contribution in [1.82, 2.24) is 24.4 Å². The van der Waals surface area contributed by atoms with Crippen molar-refractivity contribution in [3.63, 3.8) is 0 Å². The van der Waals surface area contributed by atoms with E-state index in [0.29, 0.717) is 59.5 Å². The van der Waals surface area contributed by atoms with Gasteiger partial charge in [0.1, 0.15) is 11.5 Å². The van der Waals surface area contributed by atoms with Crippen LogP contribution in [-0.4, -0.2) is 63.3 Å². The van der Waals surface area contributed by atoms with Gasteiger partial charge in [-0.1, -0.05) is 41.9 Å². The molecule has 41 heavy (non-hydrogen) atoms. The van der Waals surface area contributed by atoms with Gasteiger partial charge in [0.25, 0.3) is 5.91 Å². The van der Waals surface area contributed by atoms with Crippen molar-refractivity contribution in [2.75, 3.05) is 33.0 Å². The van der Waals surface area contributed by atoms with Crippen LogP contribution in [-0.2, 0) is 6.54 Å². The molecular formula is C31H25ClFN5O3. The van der Waals surface area contributed by atoms with Crippen molar-refractivity contribution < 1.29 is 18.7 Å². The molecule has 1 saturated heterocycles. The van der Waals surface area contributed by atoms with Crippen molar-refractivity contribution >= 4 is 23.2 Å². The molecule has 206 valence electrons. The normalized spacial score (nSPS) is 15.0. The third-order valence-corrected chi connectivity index (χ3v) is 7.69. The summed E-state index contributed by atoms with van der Waals surface area (Å²) < 4.78 is 27.2. The van der Waals surface area contributed by atoms with Gasteiger partial charge in [0.2, 0.25) is 6.79 Å². The number of halogens is 2. The van der Waals surface area contributed by atoms with Crippen LogP contribution in [0.1, 0.15) is 16.1 Å². The first-order valence-corrected chi connectivity index (χ1v) is 13.7. The summed E-state index contributed by atoms with van der Waals surface area (Å²) in [6.07, 6.45) is 0. The van der Waals surface area contributed by atoms with E-state index in [2.05, 4.69) is 9.88 Å². The summed E-state index contributed by atoms with van der Waals surface area (Å²) in [6.45, 7) is 3.52. The Labute approximate surface area is 240 Å². The highest BCUT2D eigenvalue weighted by molar-refractivity contribution is 6.30. The first kappa shape index (κ1) is 25.5. The van der Waals surface area contributed by atoms with Crippen LogP contribution < -0.4 is 9.47 Å². The number of piperazine rings is 1. The fraction of sp³-hybridized carbons (Fsp3) is 0.194. The summed E-state index contributed by atoms with van der Waals surface area (Å²) in [5.41, 5.74) is 4.10. The molecule has 0 radical (unpaired) electrons. The number of hydrogen-bond donors (Lipinski definition) is 0. The number of aromatic nitrogens is 3. The van der Waals surface area contributed by atoms with Crippen molar-refractivity contribution in [1.29, 1.82) is 0 Å². The first-order valence-electron chi connectivity index (χ1n) is 13.3. The molecule has 4 heterocycles. The number of carbonyl (C=O) groups excluding carboxylic acids is 1. The molecule has 5 aromatic rings. The first-order chi connectivity index (χ1) is 20.0. The molecule has 0 atom stereocenters. The van der Waals surface area contributed by atoms with E-state index in [1.54, 1.807) is 47.0 Å². The van der Waals surface area contributed by atoms with E-state index in [1.807, 2.05) is 35.2 Å². The Bertz CT molecular complexity index is 1770. The van der Waals surface area contributed by atoms with Gasteiger partial charge in [-0.3, -0.25) is 9.69 Å². The second kappa shape index (κ2) is 10.5. The van der Waals surface area contributed by atoms with Gasteiger partial charge in [-0.2, -0.15) is 5.10 Å². The van der Waals surface area contributed by atoms with E-state index in [4.69, 9.17) is 26.2 Å². The zero-order valence-corrected chi connectivity index (χ0v) is 22.7. The Morgan fingerprint density at radius 2 is 1.66 bits per heavy atom. The van der Waals surface area contributed by atoms with E-state index in [-0.39, 0.29) is 12.7 Å². The molecule has 2 aromatic heterocycles. The molecule has 0 saturated carbocycles. The number of ether oxygens (including phenoxy) is 2. The largest absolute Gasteiger partial charge is 0.454 e. The SMILES string of the molecule is O=C(c1cc(-c2ccccc2F)nc2cc(-c3ccc(Cl)cc3)nn12)N1CCN(Cc2ccc3c(c2)OCO3)CC1. The number of fused-ring (bicyclic) bond motifs is 2. The molecule has 0 unspecified atom stereocenters. The van der Waals surface area contributed by atoms with Crippen molar-refractivity contribution in [2.24, 2.45) is 0 Å². The predicted octanol–water partition coefficient (Wildman–Crippen LogP) is 5.54. The van der Waals surface area contributed by atoms with Crippen LogP contribution in [0.5, 0.6) is 11.5 Å². The molecular weight excluding hydrogens is 545 g/mol. The van der Waals surface area contributed by atoms with E-state index in [9.17, 15) is 9.18 Å². The molecule has 7 rings (SSSR count). The number of amides is 1. The molecule has 0 bridgehead atoms. The lowest BCUT2D eigenvalue weighted by Gasteiger charge is -2.34. The van der Waals surface area contributed by atoms with Crippen LogP contribution in [0.2, 0.25) is 5.02 Å². The monoisotopic (exact) mass is 569 g/mol. The standard InChI is InChI=1S/C31H25ClFN5O3/c32-22-8-6-21(7-9-22)25-17-30-34-26(23-3-1-2-4-24(23)33)16-27(38(30)35-25)31(39)37-13-11-36(12-14-37)18-20-5-10-28-29(15-20)41-19-40-28/h1-10,15-17H,11-14,18-19H2. The molecule has 10 heteroatoms. The Balaban J connectivity index is 1.17. The minimum absolute atomic E-state index is 0.177. The predicted molar refractivity (Wildman–Crippen MR) is 153 cm³/mol. The summed E-state index contributed by atoms with van der Waals surface area (Å²) >= 11 is 6.07. The van der Waals surface area contributed by atoms with Gasteiger partial charge in [0.15, 0.2) is 17.1 Å². The van der Waals surface area contributed by atoms with Gasteiger partial charge in [-0.05, 0) is 48.0 Å². The van der Waals surface area contributed by atoms with E-state index in [1.165, 1.54) is 6.07 Å². The molecule has 0 N–H and O–H groups in total. The number of rotatable bonds is 5. The van der Waals surface area contributed by atoms with Crippen LogP contribution in [0.4, 0.5) is 4.39 Å². The van der Waals surface area contributed by atoms with Gasteiger partial charge < -0.3 is 14.4 Å². The minimum atomic E-state index is -0.405. The van der Waals surface area contributed by atoms with Crippen LogP contribution >= 0.6 is 11.6 Å². The summed E-state index contributed by atoms with van der Waals surface area (Å²) in [7, 11) is 0. The Morgan fingerprint density at radius 1 is 0.878 bits per heavy atom. The number of hydrogen-bond acceptors (Lipinski definition) is 6. The maximum Gasteiger partial charge on any atom is 0.272 e. The lowest BCUT2D eigenvalue weighted by atomic mass is 10.1. The summed E-state index contributed by atoms with van der Waals surface area (Å²) in [5, 5.41) is 5.34. The van der Waals surface area contributed by atoms with Crippen LogP contribution in [0.3, 0.4) is 0 Å². The third-order valence-electron chi connectivity index (χ3n) is 7.44. The fourth-order valence-corrected chi connectivity index (χ4v) is 5.39. The Hall–Kier alpha value is -4.47. The quantitative estimate of drug-likeness (QED) is 0.277. The number of nitrogens with zero attached hydrogens (tertiary/aromatic N) is 5. The molecule has 0 aliphatic carbocycles. The van der Waals surface area contributed by atoms with Crippen LogP contribution in [0.15, 0.2) is 78.9 Å². The Kier molecular flexibility index (Phi) is 6.53. The summed E-state index contributed by atoms with van der Waals surface area (Å²) in [6, 6.07) is 23.1. The molecule has 3 aromatic carbocycles. The zero-order valence-electron chi connectivity index (χ0n) is 22.0. The minimum Gasteiger partial charge on any atom is -0.454 e. The topological polar surface area (TPSA) is 72.2 Å². The fourth-order valence-electron chi connectivity index (χ4n) is 5.26. The summed E-state index contributed by atoms with van der Waals surface area (Å²) in [5.74, 6) is 0.946. The average molecular weight is 570 g/mol. The highest BCUT2D eigenvalue weighted by Gasteiger charge is 2.26. The smallest absolute Gasteiger partial charge is 0.272 e. The van der Waals surface area contributed by atoms with Gasteiger partial charge in [-0.15, -0.1) is 0 Å². The molecule has 2 aliphatic rings. The molecule has 0 spiro atoms. The second-order valence-electron chi connectivity index (χ2n) is 10.1. The third kappa shape index (κ3) is 4.98. The van der Waals surface area contributed by atoms with Gasteiger partial charge >= 0.3 is 0 Å². The highest BCUT2D eigenvalue weighted by atomic mass is 35.5. The molecule has 2 aliphatic heterocycles. The van der Waals surface area contributed by atoms with Crippen molar-refractivity contribution in [3.8, 4) is 34.0 Å². The van der Waals surface area contributed by atoms with E-state index < -0.39 is 5.82 Å². The maximum atomic E-state index is 14.8. The Morgan fingerprint density at radius 3 is 2.46 bits per heavy atom. The second-order valence-corrected chi connectivity index (χ2v) is 10.5. The lowest BCUT2D eigenvalue weighted by Crippen LogP contribution is -2.48. The molecule has 1 amide bonds. The van der Waals surface area contributed by atoms with E-state index >= 15 is 0 Å². The molecule has 8 nitrogen and oxygen atoms in total. The van der Waals surface area contributed by atoms with Gasteiger partial charge in [-0.25, -0.2) is 13.9 Å². The highest BCUT2D eigenvalue weighted by Crippen LogP contribution is 2.33. The average Bonchev–Trinajstić information content (AvgIpc) is 3.64. The van der Waals surface area contributed by atoms with Gasteiger partial charge in [0, 0.05) is 54.9 Å². The van der Waals surface area contributed by atoms with Gasteiger partial charge in [0.05, 0.1) is 11.4 Å². The van der Waals surface area contributed by atoms with Crippen LogP contribution in [0, 0.1) is 5.82 Å². The molecule has 1 fully saturated rings. The zero-order chi connectivity index (χ0) is 27.9. The lowest BCUT2D eigenvalue weighted by molar-refractivity contribution is 0.0620. The van der Waals surface area contributed by atoms with Crippen LogP contribution in [0.25, 0.3) is 28.2 Å². The maximum absolute atomic E-state index is 14.8. The van der Waals surface area contributed by atoms with Crippen molar-refractivity contribution in [2.45, 2.75) is 6.54 Å². The van der Waals surface area contributed by atoms with Crippen molar-refractivity contribution in [3.05, 3.63) is 101 Å². The number of carbonyl (C=O) groups is 1. The number of benzene rings is 3. The van der Waals surface area contributed by atoms with E-state index in [0.717, 1.165) is 29.2 Å².